The molecule has 0 spiro atoms. The largest absolute Gasteiger partial charge is 0.466 e. The van der Waals surface area contributed by atoms with Gasteiger partial charge in [0.15, 0.2) is 0 Å². The van der Waals surface area contributed by atoms with Crippen LogP contribution in [0.1, 0.15) is 0 Å². The number of rotatable bonds is 0. The average Bonchev–Trinajstić information content (AvgIpc) is 1.12. The van der Waals surface area contributed by atoms with Crippen molar-refractivity contribution >= 4 is 15.6 Å². The molecular weight excluding hydrogens is 476 g/mol. The Labute approximate surface area is 133 Å². The zero-order valence-corrected chi connectivity index (χ0v) is 12.2. The van der Waals surface area contributed by atoms with Crippen LogP contribution in [-0.4, -0.2) is 40.3 Å². The molecule has 0 atom stereocenters. The van der Waals surface area contributed by atoms with Crippen LogP contribution in [-0.2, 0) is 77.4 Å². The molecule has 4 radical (unpaired) electrons. The molecule has 0 saturated carbocycles. The van der Waals surface area contributed by atoms with Crippen LogP contribution in [0, 0.1) is 0 Å². The minimum atomic E-state index is -4.64. The van der Waals surface area contributed by atoms with Gasteiger partial charge in [0.2, 0.25) is 0 Å². The summed E-state index contributed by atoms with van der Waals surface area (Å²) < 4.78 is 17.8. The van der Waals surface area contributed by atoms with E-state index in [-0.39, 0.29) is 79.2 Å². The second-order valence-electron chi connectivity index (χ2n) is 1.03. The Kier molecular flexibility index (Phi) is 72.4. The first kappa shape index (κ1) is 51.7. The van der Waals surface area contributed by atoms with Crippen LogP contribution in [0.3, 0.4) is 0 Å². The molecule has 0 unspecified atom stereocenters. The van der Waals surface area contributed by atoms with Crippen molar-refractivity contribution < 1.29 is 118 Å². The first-order chi connectivity index (χ1) is 4.00. The molecular formula is H10Cu4O10P2. The minimum absolute atomic E-state index is 0. The first-order valence-electron chi connectivity index (χ1n) is 1.57. The normalized spacial score (nSPS) is 7.38. The summed E-state index contributed by atoms with van der Waals surface area (Å²) in [5.74, 6) is 0. The van der Waals surface area contributed by atoms with Crippen molar-refractivity contribution in [1.29, 1.82) is 0 Å². The Hall–Kier alpha value is 2.22. The summed E-state index contributed by atoms with van der Waals surface area (Å²) in [5, 5.41) is 0. The topological polar surface area (TPSA) is 219 Å². The van der Waals surface area contributed by atoms with Gasteiger partial charge in [-0.1, -0.05) is 0 Å². The molecule has 16 heteroatoms. The first-order valence-corrected chi connectivity index (χ1v) is 4.70. The average molecular weight is 486 g/mol. The zero-order valence-electron chi connectivity index (χ0n) is 6.60. The summed E-state index contributed by atoms with van der Waals surface area (Å²) in [5.41, 5.74) is 0. The van der Waals surface area contributed by atoms with E-state index < -0.39 is 15.6 Å². The maximum atomic E-state index is 8.88. The molecule has 0 aromatic carbocycles. The summed E-state index contributed by atoms with van der Waals surface area (Å²) in [6, 6.07) is 0. The second-order valence-corrected chi connectivity index (χ2v) is 3.08. The fourth-order valence-electron chi connectivity index (χ4n) is 0. The number of hydrogen-bond donors (Lipinski definition) is 6. The molecule has 10 nitrogen and oxygen atoms in total. The van der Waals surface area contributed by atoms with E-state index in [1.165, 1.54) is 0 Å². The van der Waals surface area contributed by atoms with Gasteiger partial charge in [-0.25, -0.2) is 9.13 Å². The number of phosphoric acid groups is 2. The Balaban J connectivity index is -0.00000000970. The van der Waals surface area contributed by atoms with Crippen molar-refractivity contribution in [3.63, 3.8) is 0 Å². The monoisotopic (exact) mass is 484 g/mol. The van der Waals surface area contributed by atoms with Crippen molar-refractivity contribution in [3.8, 4) is 0 Å². The van der Waals surface area contributed by atoms with Gasteiger partial charge in [-0.3, -0.25) is 0 Å². The molecule has 0 heterocycles. The smallest absolute Gasteiger partial charge is 0.412 e. The van der Waals surface area contributed by atoms with Gasteiger partial charge >= 0.3 is 15.6 Å². The quantitative estimate of drug-likeness (QED) is 0.149. The zero-order chi connectivity index (χ0) is 9.00. The van der Waals surface area contributed by atoms with Crippen molar-refractivity contribution in [2.75, 3.05) is 0 Å². The summed E-state index contributed by atoms with van der Waals surface area (Å²) in [7, 11) is -9.28. The van der Waals surface area contributed by atoms with E-state index in [1.54, 1.807) is 0 Å². The summed E-state index contributed by atoms with van der Waals surface area (Å²) >= 11 is 0. The molecule has 10 N–H and O–H groups in total. The molecule has 0 fully saturated rings. The van der Waals surface area contributed by atoms with E-state index in [2.05, 4.69) is 0 Å². The molecule has 0 amide bonds. The van der Waals surface area contributed by atoms with E-state index >= 15 is 0 Å². The summed E-state index contributed by atoms with van der Waals surface area (Å²) in [6.07, 6.45) is 0. The van der Waals surface area contributed by atoms with Crippen LogP contribution < -0.4 is 0 Å². The van der Waals surface area contributed by atoms with Crippen LogP contribution >= 0.6 is 15.6 Å². The van der Waals surface area contributed by atoms with Crippen LogP contribution in [0.15, 0.2) is 0 Å². The maximum Gasteiger partial charge on any atom is 0.466 e. The van der Waals surface area contributed by atoms with Crippen molar-refractivity contribution in [2.45, 2.75) is 0 Å². The SMILES string of the molecule is O.O.O=P(O)(O)O.O=P(O)(O)O.[Cu].[Cu].[Cu].[Cu]. The van der Waals surface area contributed by atoms with Gasteiger partial charge in [0.1, 0.15) is 0 Å². The van der Waals surface area contributed by atoms with Gasteiger partial charge in [-0.05, 0) is 0 Å². The van der Waals surface area contributed by atoms with Crippen LogP contribution in [0.2, 0.25) is 0 Å². The predicted molar refractivity (Wildman–Crippen MR) is 35.8 cm³/mol. The molecule has 0 aromatic heterocycles. The molecule has 0 aliphatic carbocycles. The van der Waals surface area contributed by atoms with Crippen LogP contribution in [0.4, 0.5) is 0 Å². The molecule has 0 bridgehead atoms. The maximum absolute atomic E-state index is 8.88. The van der Waals surface area contributed by atoms with Crippen molar-refractivity contribution in [2.24, 2.45) is 0 Å². The second kappa shape index (κ2) is 22.4. The van der Waals surface area contributed by atoms with Gasteiger partial charge < -0.3 is 40.3 Å². The molecule has 0 aromatic rings. The standard InChI is InChI=1S/4Cu.2H3O4P.2H2O/c;;;;2*1-5(2,3)4;;/h;;;;2*(H3,1,2,3,4);2*1H2. The molecule has 0 aliphatic heterocycles. The molecule has 16 heavy (non-hydrogen) atoms. The summed E-state index contributed by atoms with van der Waals surface area (Å²) in [6.45, 7) is 0. The van der Waals surface area contributed by atoms with E-state index in [4.69, 9.17) is 38.5 Å². The van der Waals surface area contributed by atoms with Crippen LogP contribution in [0.5, 0.6) is 0 Å². The Bertz CT molecular complexity index is 133. The third kappa shape index (κ3) is 764. The van der Waals surface area contributed by atoms with E-state index in [1.807, 2.05) is 0 Å². The predicted octanol–water partition coefficient (Wildman–Crippen LogP) is -3.52. The van der Waals surface area contributed by atoms with Crippen LogP contribution in [0.25, 0.3) is 0 Å². The van der Waals surface area contributed by atoms with E-state index in [0.717, 1.165) is 0 Å². The third-order valence-corrected chi connectivity index (χ3v) is 0. The van der Waals surface area contributed by atoms with Gasteiger partial charge in [0.25, 0.3) is 0 Å². The fraction of sp³-hybridized carbons (Fsp3) is 0. The van der Waals surface area contributed by atoms with Gasteiger partial charge in [0, 0.05) is 68.3 Å². The molecule has 0 rings (SSSR count). The molecule has 0 saturated heterocycles. The third-order valence-electron chi connectivity index (χ3n) is 0. The van der Waals surface area contributed by atoms with Gasteiger partial charge in [0.05, 0.1) is 0 Å². The van der Waals surface area contributed by atoms with E-state index in [9.17, 15) is 0 Å². The molecule has 124 valence electrons. The van der Waals surface area contributed by atoms with E-state index in [0.29, 0.717) is 0 Å². The van der Waals surface area contributed by atoms with Gasteiger partial charge in [-0.2, -0.15) is 0 Å². The Morgan fingerprint density at radius 3 is 0.500 bits per heavy atom. The van der Waals surface area contributed by atoms with Crippen molar-refractivity contribution in [3.05, 3.63) is 0 Å². The molecule has 0 aliphatic rings. The minimum Gasteiger partial charge on any atom is -0.412 e. The summed E-state index contributed by atoms with van der Waals surface area (Å²) in [4.78, 5) is 43.1. The van der Waals surface area contributed by atoms with Crippen molar-refractivity contribution in [1.82, 2.24) is 0 Å². The van der Waals surface area contributed by atoms with Gasteiger partial charge in [-0.15, -0.1) is 0 Å². The fourth-order valence-corrected chi connectivity index (χ4v) is 0. The Morgan fingerprint density at radius 2 is 0.500 bits per heavy atom. The number of hydrogen-bond acceptors (Lipinski definition) is 2. The Morgan fingerprint density at radius 1 is 0.500 bits per heavy atom.